The van der Waals surface area contributed by atoms with Crippen molar-refractivity contribution in [2.75, 3.05) is 0 Å². The fourth-order valence-corrected chi connectivity index (χ4v) is 2.72. The quantitative estimate of drug-likeness (QED) is 0.748. The SMILES string of the molecule is CCc1ccc(C(=O)NNC(=O)C(C)Oc2ccc(C)cc2Br)cc1. The molecule has 0 bridgehead atoms. The van der Waals surface area contributed by atoms with Crippen LogP contribution in [0.5, 0.6) is 5.75 Å². The van der Waals surface area contributed by atoms with Crippen LogP contribution in [-0.4, -0.2) is 17.9 Å². The number of hydrogen-bond acceptors (Lipinski definition) is 3. The molecule has 0 heterocycles. The van der Waals surface area contributed by atoms with Crippen molar-refractivity contribution in [2.45, 2.75) is 33.3 Å². The zero-order chi connectivity index (χ0) is 18.4. The van der Waals surface area contributed by atoms with Crippen LogP contribution in [0.2, 0.25) is 0 Å². The highest BCUT2D eigenvalue weighted by atomic mass is 79.9. The van der Waals surface area contributed by atoms with Crippen molar-refractivity contribution in [2.24, 2.45) is 0 Å². The summed E-state index contributed by atoms with van der Waals surface area (Å²) in [5, 5.41) is 0. The summed E-state index contributed by atoms with van der Waals surface area (Å²) in [7, 11) is 0. The Morgan fingerprint density at radius 3 is 2.40 bits per heavy atom. The van der Waals surface area contributed by atoms with E-state index in [0.29, 0.717) is 11.3 Å². The van der Waals surface area contributed by atoms with E-state index < -0.39 is 12.0 Å². The van der Waals surface area contributed by atoms with E-state index in [0.717, 1.165) is 22.0 Å². The van der Waals surface area contributed by atoms with Gasteiger partial charge in [0.25, 0.3) is 11.8 Å². The van der Waals surface area contributed by atoms with E-state index in [1.54, 1.807) is 25.1 Å². The van der Waals surface area contributed by atoms with Gasteiger partial charge in [0.15, 0.2) is 6.10 Å². The highest BCUT2D eigenvalue weighted by Crippen LogP contribution is 2.26. The van der Waals surface area contributed by atoms with Gasteiger partial charge in [-0.05, 0) is 71.6 Å². The Labute approximate surface area is 155 Å². The van der Waals surface area contributed by atoms with Crippen molar-refractivity contribution < 1.29 is 14.3 Å². The van der Waals surface area contributed by atoms with Crippen LogP contribution in [0, 0.1) is 6.92 Å². The lowest BCUT2D eigenvalue weighted by Crippen LogP contribution is -2.47. The molecule has 0 saturated heterocycles. The lowest BCUT2D eigenvalue weighted by Gasteiger charge is -2.16. The molecule has 0 saturated carbocycles. The molecule has 0 aliphatic heterocycles. The average Bonchev–Trinajstić information content (AvgIpc) is 2.61. The Hall–Kier alpha value is -2.34. The van der Waals surface area contributed by atoms with E-state index in [-0.39, 0.29) is 5.91 Å². The summed E-state index contributed by atoms with van der Waals surface area (Å²) in [5.74, 6) is -0.250. The van der Waals surface area contributed by atoms with Crippen LogP contribution >= 0.6 is 15.9 Å². The van der Waals surface area contributed by atoms with Crippen LogP contribution in [0.4, 0.5) is 0 Å². The highest BCUT2D eigenvalue weighted by Gasteiger charge is 2.17. The Balaban J connectivity index is 1.88. The number of amides is 2. The number of rotatable bonds is 5. The van der Waals surface area contributed by atoms with Crippen molar-refractivity contribution in [3.8, 4) is 5.75 Å². The Morgan fingerprint density at radius 1 is 1.12 bits per heavy atom. The van der Waals surface area contributed by atoms with E-state index in [2.05, 4.69) is 26.8 Å². The minimum atomic E-state index is -0.762. The maximum atomic E-state index is 12.1. The van der Waals surface area contributed by atoms with E-state index >= 15 is 0 Å². The van der Waals surface area contributed by atoms with E-state index in [1.165, 1.54) is 0 Å². The Bertz CT molecular complexity index is 760. The second-order valence-corrected chi connectivity index (χ2v) is 6.54. The maximum Gasteiger partial charge on any atom is 0.279 e. The topological polar surface area (TPSA) is 67.4 Å². The normalized spacial score (nSPS) is 11.5. The number of carbonyl (C=O) groups excluding carboxylic acids is 2. The second kappa shape index (κ2) is 8.67. The summed E-state index contributed by atoms with van der Waals surface area (Å²) < 4.78 is 6.39. The highest BCUT2D eigenvalue weighted by molar-refractivity contribution is 9.10. The molecule has 5 nitrogen and oxygen atoms in total. The zero-order valence-electron chi connectivity index (χ0n) is 14.4. The third-order valence-electron chi connectivity index (χ3n) is 3.68. The van der Waals surface area contributed by atoms with E-state index in [4.69, 9.17) is 4.74 Å². The molecule has 0 aliphatic carbocycles. The standard InChI is InChI=1S/C19H21BrN2O3/c1-4-14-6-8-15(9-7-14)19(24)22-21-18(23)13(3)25-17-10-5-12(2)11-16(17)20/h5-11,13H,4H2,1-3H3,(H,21,23)(H,22,24). The predicted octanol–water partition coefficient (Wildman–Crippen LogP) is 3.55. The van der Waals surface area contributed by atoms with Gasteiger partial charge < -0.3 is 4.74 Å². The second-order valence-electron chi connectivity index (χ2n) is 5.69. The van der Waals surface area contributed by atoms with Crippen molar-refractivity contribution in [1.29, 1.82) is 0 Å². The molecule has 0 aromatic heterocycles. The lowest BCUT2D eigenvalue weighted by molar-refractivity contribution is -0.128. The number of hydrogen-bond donors (Lipinski definition) is 2. The fourth-order valence-electron chi connectivity index (χ4n) is 2.13. The molecule has 1 unspecified atom stereocenters. The van der Waals surface area contributed by atoms with Gasteiger partial charge in [-0.3, -0.25) is 20.4 Å². The van der Waals surface area contributed by atoms with Crippen molar-refractivity contribution in [3.05, 3.63) is 63.6 Å². The van der Waals surface area contributed by atoms with Crippen LogP contribution in [0.15, 0.2) is 46.9 Å². The van der Waals surface area contributed by atoms with Gasteiger partial charge >= 0.3 is 0 Å². The molecule has 0 radical (unpaired) electrons. The van der Waals surface area contributed by atoms with E-state index in [1.807, 2.05) is 38.1 Å². The predicted molar refractivity (Wildman–Crippen MR) is 100 cm³/mol. The van der Waals surface area contributed by atoms with Gasteiger partial charge in [-0.25, -0.2) is 0 Å². The Kier molecular flexibility index (Phi) is 6.58. The first-order valence-corrected chi connectivity index (χ1v) is 8.82. The Morgan fingerprint density at radius 2 is 1.80 bits per heavy atom. The van der Waals surface area contributed by atoms with Gasteiger partial charge in [-0.2, -0.15) is 0 Å². The molecular formula is C19H21BrN2O3. The van der Waals surface area contributed by atoms with Gasteiger partial charge in [-0.15, -0.1) is 0 Å². The monoisotopic (exact) mass is 404 g/mol. The third-order valence-corrected chi connectivity index (χ3v) is 4.30. The first-order valence-electron chi connectivity index (χ1n) is 8.02. The molecular weight excluding hydrogens is 384 g/mol. The molecule has 25 heavy (non-hydrogen) atoms. The summed E-state index contributed by atoms with van der Waals surface area (Å²) in [6, 6.07) is 12.8. The number of aryl methyl sites for hydroxylation is 2. The first kappa shape index (κ1) is 19.0. The van der Waals surface area contributed by atoms with Gasteiger partial charge in [0, 0.05) is 5.56 Å². The first-order chi connectivity index (χ1) is 11.9. The number of benzene rings is 2. The number of carbonyl (C=O) groups is 2. The van der Waals surface area contributed by atoms with Crippen molar-refractivity contribution in [3.63, 3.8) is 0 Å². The smallest absolute Gasteiger partial charge is 0.279 e. The van der Waals surface area contributed by atoms with Crippen LogP contribution in [0.3, 0.4) is 0 Å². The summed E-state index contributed by atoms with van der Waals surface area (Å²) in [4.78, 5) is 24.1. The molecule has 1 atom stereocenters. The third kappa shape index (κ3) is 5.32. The van der Waals surface area contributed by atoms with Crippen molar-refractivity contribution in [1.82, 2.24) is 10.9 Å². The minimum Gasteiger partial charge on any atom is -0.480 e. The van der Waals surface area contributed by atoms with E-state index in [9.17, 15) is 9.59 Å². The molecule has 0 aliphatic rings. The fraction of sp³-hybridized carbons (Fsp3) is 0.263. The number of nitrogens with one attached hydrogen (secondary N) is 2. The molecule has 2 amide bonds. The van der Waals surface area contributed by atoms with Gasteiger partial charge in [-0.1, -0.05) is 25.1 Å². The molecule has 2 N–H and O–H groups in total. The number of hydrazine groups is 1. The maximum absolute atomic E-state index is 12.1. The zero-order valence-corrected chi connectivity index (χ0v) is 16.0. The van der Waals surface area contributed by atoms with Crippen LogP contribution in [0.25, 0.3) is 0 Å². The average molecular weight is 405 g/mol. The molecule has 0 fully saturated rings. The number of ether oxygens (including phenoxy) is 1. The minimum absolute atomic E-state index is 0.375. The van der Waals surface area contributed by atoms with Crippen molar-refractivity contribution >= 4 is 27.7 Å². The summed E-state index contributed by atoms with van der Waals surface area (Å²) in [6.45, 7) is 5.63. The summed E-state index contributed by atoms with van der Waals surface area (Å²) in [6.07, 6.45) is 0.143. The van der Waals surface area contributed by atoms with Crippen LogP contribution in [-0.2, 0) is 11.2 Å². The van der Waals surface area contributed by atoms with Gasteiger partial charge in [0.2, 0.25) is 0 Å². The van der Waals surface area contributed by atoms with Gasteiger partial charge in [0.1, 0.15) is 5.75 Å². The molecule has 2 aromatic rings. The molecule has 2 rings (SSSR count). The molecule has 2 aromatic carbocycles. The molecule has 132 valence electrons. The number of halogens is 1. The molecule has 0 spiro atoms. The largest absolute Gasteiger partial charge is 0.480 e. The lowest BCUT2D eigenvalue weighted by atomic mass is 10.1. The van der Waals surface area contributed by atoms with Gasteiger partial charge in [0.05, 0.1) is 4.47 Å². The summed E-state index contributed by atoms with van der Waals surface area (Å²) >= 11 is 3.40. The summed E-state index contributed by atoms with van der Waals surface area (Å²) in [5.41, 5.74) is 7.48. The van der Waals surface area contributed by atoms with Crippen LogP contribution < -0.4 is 15.6 Å². The van der Waals surface area contributed by atoms with Crippen LogP contribution in [0.1, 0.15) is 35.3 Å². The molecule has 6 heteroatoms.